The number of hydrogen-bond donors (Lipinski definition) is 1. The number of Topliss-reactive ketones (excluding diaryl/α,β-unsaturated/α-hetero) is 1. The lowest BCUT2D eigenvalue weighted by Gasteiger charge is -2.42. The van der Waals surface area contributed by atoms with Crippen molar-refractivity contribution in [3.8, 4) is 17.2 Å². The second-order valence-electron chi connectivity index (χ2n) is 14.0. The maximum absolute atomic E-state index is 14.0. The number of carbonyl (C=O) groups is 1. The van der Waals surface area contributed by atoms with Crippen LogP contribution in [0.5, 0.6) is 17.2 Å². The van der Waals surface area contributed by atoms with Gasteiger partial charge in [0.05, 0.1) is 25.4 Å². The Kier molecular flexibility index (Phi) is 12.8. The van der Waals surface area contributed by atoms with Crippen LogP contribution in [0.3, 0.4) is 0 Å². The minimum atomic E-state index is -0.205. The minimum absolute atomic E-state index is 0.0985. The molecule has 3 saturated heterocycles. The molecule has 2 atom stereocenters. The van der Waals surface area contributed by atoms with Gasteiger partial charge in [-0.15, -0.1) is 0 Å². The normalized spacial score (nSPS) is 23.6. The second kappa shape index (κ2) is 17.0. The number of hydrogen-bond acceptors (Lipinski definition) is 7. The lowest BCUT2D eigenvalue weighted by Crippen LogP contribution is -2.48. The molecule has 3 heterocycles. The first-order valence-electron chi connectivity index (χ1n) is 18.3. The minimum Gasteiger partial charge on any atom is -0.491 e. The van der Waals surface area contributed by atoms with Crippen LogP contribution in [0.2, 0.25) is 0 Å². The molecule has 2 unspecified atom stereocenters. The van der Waals surface area contributed by atoms with Crippen molar-refractivity contribution in [2.45, 2.75) is 116 Å². The van der Waals surface area contributed by atoms with Crippen molar-refractivity contribution in [3.05, 3.63) is 53.6 Å². The average Bonchev–Trinajstić information content (AvgIpc) is 3.29. The summed E-state index contributed by atoms with van der Waals surface area (Å²) in [6.07, 6.45) is 11.1. The molecule has 0 aromatic heterocycles. The number of rotatable bonds is 14. The summed E-state index contributed by atoms with van der Waals surface area (Å²) in [6, 6.07) is 15.1. The van der Waals surface area contributed by atoms with Crippen LogP contribution < -0.4 is 19.5 Å². The SMILES string of the molecule is CCOc1ccc(C2(CCN3CCC(N4CCCCC4)CC3)CCCNC(C(=O)Cc3cccc(OC(C)C)c3)C2)cc1OCC. The highest BCUT2D eigenvalue weighted by molar-refractivity contribution is 5.86. The molecule has 0 spiro atoms. The summed E-state index contributed by atoms with van der Waals surface area (Å²) in [5.41, 5.74) is 2.15. The molecule has 2 aromatic rings. The number of ketones is 1. The third-order valence-corrected chi connectivity index (χ3v) is 10.4. The van der Waals surface area contributed by atoms with Crippen LogP contribution >= 0.6 is 0 Å². The molecule has 3 aliphatic rings. The van der Waals surface area contributed by atoms with E-state index in [0.717, 1.165) is 67.6 Å². The van der Waals surface area contributed by atoms with Gasteiger partial charge < -0.3 is 29.3 Å². The molecule has 7 heteroatoms. The predicted octanol–water partition coefficient (Wildman–Crippen LogP) is 6.80. The van der Waals surface area contributed by atoms with Crippen molar-refractivity contribution in [1.29, 1.82) is 0 Å². The quantitative estimate of drug-likeness (QED) is 0.246. The second-order valence-corrected chi connectivity index (χ2v) is 14.0. The summed E-state index contributed by atoms with van der Waals surface area (Å²) < 4.78 is 18.0. The van der Waals surface area contributed by atoms with Gasteiger partial charge in [0, 0.05) is 12.5 Å². The van der Waals surface area contributed by atoms with Crippen LogP contribution in [0.1, 0.15) is 96.6 Å². The molecule has 0 radical (unpaired) electrons. The number of nitrogens with one attached hydrogen (secondary N) is 1. The molecule has 0 saturated carbocycles. The van der Waals surface area contributed by atoms with Crippen molar-refractivity contribution in [2.24, 2.45) is 0 Å². The summed E-state index contributed by atoms with van der Waals surface area (Å²) in [4.78, 5) is 19.5. The molecule has 254 valence electrons. The molecule has 7 nitrogen and oxygen atoms in total. The van der Waals surface area contributed by atoms with Gasteiger partial charge in [-0.1, -0.05) is 24.6 Å². The van der Waals surface area contributed by atoms with Crippen molar-refractivity contribution in [3.63, 3.8) is 0 Å². The van der Waals surface area contributed by atoms with E-state index in [1.54, 1.807) is 0 Å². The molecule has 0 amide bonds. The zero-order chi connectivity index (χ0) is 32.4. The molecule has 2 aromatic carbocycles. The molecule has 3 fully saturated rings. The van der Waals surface area contributed by atoms with E-state index >= 15 is 0 Å². The fourth-order valence-electron chi connectivity index (χ4n) is 8.00. The monoisotopic (exact) mass is 633 g/mol. The molecule has 46 heavy (non-hydrogen) atoms. The van der Waals surface area contributed by atoms with Crippen molar-refractivity contribution in [1.82, 2.24) is 15.1 Å². The Hall–Kier alpha value is -2.61. The van der Waals surface area contributed by atoms with Crippen molar-refractivity contribution < 1.29 is 19.0 Å². The Bertz CT molecular complexity index is 1240. The smallest absolute Gasteiger partial charge is 0.161 e. The van der Waals surface area contributed by atoms with Gasteiger partial charge in [0.2, 0.25) is 0 Å². The summed E-state index contributed by atoms with van der Waals surface area (Å²) in [5, 5.41) is 3.67. The number of benzene rings is 2. The van der Waals surface area contributed by atoms with Gasteiger partial charge in [-0.25, -0.2) is 0 Å². The first-order valence-corrected chi connectivity index (χ1v) is 18.3. The van der Waals surface area contributed by atoms with E-state index in [1.165, 1.54) is 63.8 Å². The van der Waals surface area contributed by atoms with Crippen LogP contribution in [0.15, 0.2) is 42.5 Å². The summed E-state index contributed by atoms with van der Waals surface area (Å²) >= 11 is 0. The van der Waals surface area contributed by atoms with E-state index in [2.05, 4.69) is 33.3 Å². The molecule has 0 bridgehead atoms. The molecule has 0 aliphatic carbocycles. The Labute approximate surface area is 278 Å². The van der Waals surface area contributed by atoms with Gasteiger partial charge in [0.25, 0.3) is 0 Å². The first-order chi connectivity index (χ1) is 22.4. The van der Waals surface area contributed by atoms with Gasteiger partial charge in [-0.3, -0.25) is 4.79 Å². The lowest BCUT2D eigenvalue weighted by molar-refractivity contribution is -0.120. The van der Waals surface area contributed by atoms with Crippen LogP contribution in [0.25, 0.3) is 0 Å². The van der Waals surface area contributed by atoms with Gasteiger partial charge in [0.15, 0.2) is 17.3 Å². The van der Waals surface area contributed by atoms with Gasteiger partial charge in [-0.05, 0) is 159 Å². The highest BCUT2D eigenvalue weighted by Gasteiger charge is 2.39. The Morgan fingerprint density at radius 3 is 2.43 bits per heavy atom. The maximum atomic E-state index is 14.0. The van der Waals surface area contributed by atoms with E-state index in [9.17, 15) is 4.79 Å². The van der Waals surface area contributed by atoms with Crippen LogP contribution in [-0.4, -0.2) is 86.3 Å². The van der Waals surface area contributed by atoms with Crippen molar-refractivity contribution in [2.75, 3.05) is 52.5 Å². The van der Waals surface area contributed by atoms with Crippen LogP contribution in [0, 0.1) is 0 Å². The highest BCUT2D eigenvalue weighted by atomic mass is 16.5. The van der Waals surface area contributed by atoms with Crippen LogP contribution in [0.4, 0.5) is 0 Å². The van der Waals surface area contributed by atoms with E-state index in [-0.39, 0.29) is 23.3 Å². The number of nitrogens with zero attached hydrogens (tertiary/aromatic N) is 2. The first kappa shape index (κ1) is 34.7. The topological polar surface area (TPSA) is 63.3 Å². The van der Waals surface area contributed by atoms with Gasteiger partial charge >= 0.3 is 0 Å². The van der Waals surface area contributed by atoms with E-state index in [0.29, 0.717) is 19.6 Å². The van der Waals surface area contributed by atoms with Crippen molar-refractivity contribution >= 4 is 5.78 Å². The predicted molar refractivity (Wildman–Crippen MR) is 187 cm³/mol. The van der Waals surface area contributed by atoms with Gasteiger partial charge in [0.1, 0.15) is 5.75 Å². The fraction of sp³-hybridized carbons (Fsp3) is 0.667. The zero-order valence-electron chi connectivity index (χ0n) is 29.0. The Balaban J connectivity index is 1.35. The average molecular weight is 634 g/mol. The molecular formula is C39H59N3O4. The summed E-state index contributed by atoms with van der Waals surface area (Å²) in [5.74, 6) is 2.69. The van der Waals surface area contributed by atoms with Gasteiger partial charge in [-0.2, -0.15) is 0 Å². The fourth-order valence-corrected chi connectivity index (χ4v) is 8.00. The van der Waals surface area contributed by atoms with E-state index in [4.69, 9.17) is 14.2 Å². The molecular weight excluding hydrogens is 574 g/mol. The third-order valence-electron chi connectivity index (χ3n) is 10.4. The lowest BCUT2D eigenvalue weighted by atomic mass is 9.69. The molecule has 1 N–H and O–H groups in total. The molecule has 5 rings (SSSR count). The zero-order valence-corrected chi connectivity index (χ0v) is 29.0. The number of likely N-dealkylation sites (tertiary alicyclic amines) is 2. The summed E-state index contributed by atoms with van der Waals surface area (Å²) in [7, 11) is 0. The standard InChI is InChI=1S/C39H59N3O4/c1-5-44-37-15-14-32(28-38(37)45-6-2)39(19-25-41-23-16-33(17-24-41)42-21-8-7-9-22-42)18-11-20-40-35(29-39)36(43)27-31-12-10-13-34(26-31)46-30(3)4/h10,12-15,26,28,30,33,35,40H,5-9,11,16-25,27,29H2,1-4H3. The van der Waals surface area contributed by atoms with E-state index in [1.807, 2.05) is 52.0 Å². The number of piperidine rings is 2. The molecule has 3 aliphatic heterocycles. The van der Waals surface area contributed by atoms with E-state index < -0.39 is 0 Å². The largest absolute Gasteiger partial charge is 0.491 e. The Morgan fingerprint density at radius 2 is 1.70 bits per heavy atom. The highest BCUT2D eigenvalue weighted by Crippen LogP contribution is 2.43. The van der Waals surface area contributed by atoms with Crippen LogP contribution in [-0.2, 0) is 16.6 Å². The third kappa shape index (κ3) is 9.26. The summed E-state index contributed by atoms with van der Waals surface area (Å²) in [6.45, 7) is 16.1. The number of carbonyl (C=O) groups excluding carboxylic acids is 1. The maximum Gasteiger partial charge on any atom is 0.161 e. The number of ether oxygens (including phenoxy) is 3. The Morgan fingerprint density at radius 1 is 0.935 bits per heavy atom.